The molecule has 0 fully saturated rings. The van der Waals surface area contributed by atoms with Gasteiger partial charge in [-0.05, 0) is 24.6 Å². The maximum absolute atomic E-state index is 5.98. The van der Waals surface area contributed by atoms with Crippen LogP contribution in [0.4, 0.5) is 0 Å². The highest BCUT2D eigenvalue weighted by Gasteiger charge is 2.09. The van der Waals surface area contributed by atoms with Crippen LogP contribution in [0.5, 0.6) is 0 Å². The first-order valence-corrected chi connectivity index (χ1v) is 5.55. The Morgan fingerprint density at radius 2 is 2.12 bits per heavy atom. The summed E-state index contributed by atoms with van der Waals surface area (Å²) in [6, 6.07) is 8.05. The lowest BCUT2D eigenvalue weighted by Crippen LogP contribution is -1.97. The summed E-state index contributed by atoms with van der Waals surface area (Å²) in [4.78, 5) is 8.15. The number of fused-ring (bicyclic) bond motifs is 1. The molecule has 0 radical (unpaired) electrons. The third kappa shape index (κ3) is 1.66. The van der Waals surface area contributed by atoms with Crippen molar-refractivity contribution in [1.29, 1.82) is 0 Å². The first-order chi connectivity index (χ1) is 8.25. The second-order valence-corrected chi connectivity index (χ2v) is 4.16. The van der Waals surface area contributed by atoms with E-state index < -0.39 is 0 Å². The van der Waals surface area contributed by atoms with Gasteiger partial charge in [-0.2, -0.15) is 5.10 Å². The van der Waals surface area contributed by atoms with Crippen molar-refractivity contribution >= 4 is 22.6 Å². The molecule has 4 nitrogen and oxygen atoms in total. The van der Waals surface area contributed by atoms with E-state index in [2.05, 4.69) is 15.1 Å². The van der Waals surface area contributed by atoms with Gasteiger partial charge in [0.25, 0.3) is 0 Å². The first-order valence-electron chi connectivity index (χ1n) is 5.17. The minimum Gasteiger partial charge on any atom is -0.224 e. The molecule has 0 spiro atoms. The summed E-state index contributed by atoms with van der Waals surface area (Å²) >= 11 is 5.98. The predicted molar refractivity (Wildman–Crippen MR) is 66.4 cm³/mol. The van der Waals surface area contributed by atoms with Gasteiger partial charge in [0.05, 0.1) is 17.3 Å². The largest absolute Gasteiger partial charge is 0.224 e. The molecule has 0 aliphatic carbocycles. The number of halogens is 1. The minimum atomic E-state index is 0.425. The van der Waals surface area contributed by atoms with Crippen molar-refractivity contribution in [2.45, 2.75) is 6.92 Å². The van der Waals surface area contributed by atoms with Crippen molar-refractivity contribution in [3.05, 3.63) is 47.5 Å². The molecule has 0 aliphatic rings. The van der Waals surface area contributed by atoms with Crippen molar-refractivity contribution in [3.8, 4) is 5.69 Å². The van der Waals surface area contributed by atoms with Gasteiger partial charge in [-0.15, -0.1) is 0 Å². The fourth-order valence-corrected chi connectivity index (χ4v) is 1.94. The lowest BCUT2D eigenvalue weighted by Gasteiger charge is -2.03. The van der Waals surface area contributed by atoms with Crippen LogP contribution in [0, 0.1) is 6.92 Å². The normalized spacial score (nSPS) is 10.9. The van der Waals surface area contributed by atoms with E-state index in [0.29, 0.717) is 5.15 Å². The van der Waals surface area contributed by atoms with E-state index in [4.69, 9.17) is 11.6 Å². The van der Waals surface area contributed by atoms with Crippen LogP contribution in [0.2, 0.25) is 5.15 Å². The molecule has 2 heterocycles. The van der Waals surface area contributed by atoms with Crippen LogP contribution in [0.1, 0.15) is 5.56 Å². The van der Waals surface area contributed by atoms with Gasteiger partial charge in [-0.1, -0.05) is 23.7 Å². The second-order valence-electron chi connectivity index (χ2n) is 3.80. The van der Waals surface area contributed by atoms with Gasteiger partial charge in [0.2, 0.25) is 0 Å². The van der Waals surface area contributed by atoms with Crippen LogP contribution in [0.15, 0.2) is 36.8 Å². The Labute approximate surface area is 103 Å². The molecule has 0 saturated carbocycles. The number of nitrogens with zero attached hydrogens (tertiary/aromatic N) is 4. The quantitative estimate of drug-likeness (QED) is 0.618. The van der Waals surface area contributed by atoms with Gasteiger partial charge in [-0.3, -0.25) is 0 Å². The molecule has 17 heavy (non-hydrogen) atoms. The molecule has 3 rings (SSSR count). The second kappa shape index (κ2) is 3.82. The molecule has 3 aromatic rings. The average molecular weight is 245 g/mol. The Hall–Kier alpha value is -1.94. The van der Waals surface area contributed by atoms with E-state index in [1.165, 1.54) is 11.9 Å². The van der Waals surface area contributed by atoms with E-state index in [9.17, 15) is 0 Å². The van der Waals surface area contributed by atoms with Gasteiger partial charge in [0.15, 0.2) is 5.65 Å². The molecule has 0 N–H and O–H groups in total. The Bertz CT molecular complexity index is 690. The summed E-state index contributed by atoms with van der Waals surface area (Å²) in [5.41, 5.74) is 2.86. The van der Waals surface area contributed by atoms with Crippen LogP contribution in [0.3, 0.4) is 0 Å². The zero-order valence-corrected chi connectivity index (χ0v) is 9.89. The summed E-state index contributed by atoms with van der Waals surface area (Å²) in [5.74, 6) is 0. The number of aryl methyl sites for hydroxylation is 1. The number of hydrogen-bond acceptors (Lipinski definition) is 3. The number of hydrogen-bond donors (Lipinski definition) is 0. The summed E-state index contributed by atoms with van der Waals surface area (Å²) < 4.78 is 1.76. The highest BCUT2D eigenvalue weighted by Crippen LogP contribution is 2.21. The maximum Gasteiger partial charge on any atom is 0.167 e. The molecule has 0 atom stereocenters. The molecular formula is C12H9ClN4. The molecule has 2 aromatic heterocycles. The molecule has 0 unspecified atom stereocenters. The SMILES string of the molecule is Cc1cccc(-n2ncc3c(Cl)ncnc32)c1. The zero-order chi connectivity index (χ0) is 11.8. The van der Waals surface area contributed by atoms with E-state index in [1.807, 2.05) is 31.2 Å². The molecule has 0 bridgehead atoms. The monoisotopic (exact) mass is 244 g/mol. The fourth-order valence-electron chi connectivity index (χ4n) is 1.76. The summed E-state index contributed by atoms with van der Waals surface area (Å²) in [6.07, 6.45) is 3.12. The predicted octanol–water partition coefficient (Wildman–Crippen LogP) is 2.78. The molecule has 0 amide bonds. The molecular weight excluding hydrogens is 236 g/mol. The first kappa shape index (κ1) is 10.2. The lowest BCUT2D eigenvalue weighted by atomic mass is 10.2. The van der Waals surface area contributed by atoms with Crippen LogP contribution in [-0.4, -0.2) is 19.7 Å². The third-order valence-corrected chi connectivity index (χ3v) is 2.86. The number of aromatic nitrogens is 4. The van der Waals surface area contributed by atoms with Crippen LogP contribution in [-0.2, 0) is 0 Å². The molecule has 0 saturated heterocycles. The highest BCUT2D eigenvalue weighted by molar-refractivity contribution is 6.33. The standard InChI is InChI=1S/C12H9ClN4/c1-8-3-2-4-9(5-8)17-12-10(6-16-17)11(13)14-7-15-12/h2-7H,1H3. The van der Waals surface area contributed by atoms with Crippen molar-refractivity contribution in [2.75, 3.05) is 0 Å². The van der Waals surface area contributed by atoms with E-state index in [0.717, 1.165) is 16.7 Å². The average Bonchev–Trinajstić information content (AvgIpc) is 2.74. The fraction of sp³-hybridized carbons (Fsp3) is 0.0833. The van der Waals surface area contributed by atoms with Crippen molar-refractivity contribution < 1.29 is 0 Å². The van der Waals surface area contributed by atoms with Crippen LogP contribution >= 0.6 is 11.6 Å². The lowest BCUT2D eigenvalue weighted by molar-refractivity contribution is 0.893. The molecule has 84 valence electrons. The number of rotatable bonds is 1. The zero-order valence-electron chi connectivity index (χ0n) is 9.13. The summed E-state index contributed by atoms with van der Waals surface area (Å²) in [5, 5.41) is 5.48. The molecule has 1 aromatic carbocycles. The van der Waals surface area contributed by atoms with Gasteiger partial charge < -0.3 is 0 Å². The smallest absolute Gasteiger partial charge is 0.167 e. The van der Waals surface area contributed by atoms with E-state index in [-0.39, 0.29) is 0 Å². The Balaban J connectivity index is 2.28. The van der Waals surface area contributed by atoms with Crippen LogP contribution < -0.4 is 0 Å². The Morgan fingerprint density at radius 3 is 2.94 bits per heavy atom. The Morgan fingerprint density at radius 1 is 1.24 bits per heavy atom. The van der Waals surface area contributed by atoms with Crippen molar-refractivity contribution in [1.82, 2.24) is 19.7 Å². The number of benzene rings is 1. The van der Waals surface area contributed by atoms with Gasteiger partial charge in [0.1, 0.15) is 11.5 Å². The maximum atomic E-state index is 5.98. The highest BCUT2D eigenvalue weighted by atomic mass is 35.5. The van der Waals surface area contributed by atoms with E-state index >= 15 is 0 Å². The van der Waals surface area contributed by atoms with E-state index in [1.54, 1.807) is 10.9 Å². The summed E-state index contributed by atoms with van der Waals surface area (Å²) in [6.45, 7) is 2.04. The van der Waals surface area contributed by atoms with Crippen LogP contribution in [0.25, 0.3) is 16.7 Å². The van der Waals surface area contributed by atoms with Gasteiger partial charge >= 0.3 is 0 Å². The van der Waals surface area contributed by atoms with Crippen molar-refractivity contribution in [3.63, 3.8) is 0 Å². The molecule has 0 aliphatic heterocycles. The van der Waals surface area contributed by atoms with Gasteiger partial charge in [0, 0.05) is 0 Å². The third-order valence-electron chi connectivity index (χ3n) is 2.56. The van der Waals surface area contributed by atoms with Crippen molar-refractivity contribution in [2.24, 2.45) is 0 Å². The summed E-state index contributed by atoms with van der Waals surface area (Å²) in [7, 11) is 0. The minimum absolute atomic E-state index is 0.425. The Kier molecular flexibility index (Phi) is 2.30. The molecule has 5 heteroatoms. The van der Waals surface area contributed by atoms with Gasteiger partial charge in [-0.25, -0.2) is 14.6 Å². The topological polar surface area (TPSA) is 43.6 Å².